The SMILES string of the molecule is CC1=C(/C=C/C(C)=C/C=C/C(C)=C/C=C/C=C(C)/C=C/C=C(C)/C=C/C2=C(C)C(=O)[C@@H](O[C@@H]3O[C@H](CO)[C@H](O)[C@@H](O)[C@H]3O)CC2(C)C)C(C)(C)CC(O)C1. The van der Waals surface area contributed by atoms with E-state index in [0.29, 0.717) is 12.0 Å². The smallest absolute Gasteiger partial charge is 0.187 e. The second kappa shape index (κ2) is 19.9. The first kappa shape index (κ1) is 44.9. The molecule has 0 aromatic rings. The lowest BCUT2D eigenvalue weighted by atomic mass is 9.71. The molecule has 0 saturated carbocycles. The Balaban J connectivity index is 1.55. The predicted octanol–water partition coefficient (Wildman–Crippen LogP) is 7.55. The fourth-order valence-electron chi connectivity index (χ4n) is 7.30. The Labute approximate surface area is 323 Å². The molecule has 3 rings (SSSR count). The summed E-state index contributed by atoms with van der Waals surface area (Å²) in [7, 11) is 0. The summed E-state index contributed by atoms with van der Waals surface area (Å²) in [5.41, 5.74) is 7.94. The molecule has 3 aliphatic rings. The number of carbonyl (C=O) groups is 1. The van der Waals surface area contributed by atoms with Crippen LogP contribution in [-0.2, 0) is 14.3 Å². The summed E-state index contributed by atoms with van der Waals surface area (Å²) in [6, 6.07) is 0. The quantitative estimate of drug-likeness (QED) is 0.122. The third kappa shape index (κ3) is 12.5. The maximum absolute atomic E-state index is 13.3. The van der Waals surface area contributed by atoms with Crippen molar-refractivity contribution >= 4 is 5.78 Å². The number of ketones is 1. The van der Waals surface area contributed by atoms with Crippen molar-refractivity contribution in [2.24, 2.45) is 10.8 Å². The topological polar surface area (TPSA) is 137 Å². The van der Waals surface area contributed by atoms with Crippen molar-refractivity contribution in [3.05, 3.63) is 130 Å². The highest BCUT2D eigenvalue weighted by Gasteiger charge is 2.47. The number of carbonyl (C=O) groups excluding carboxylic acids is 1. The summed E-state index contributed by atoms with van der Waals surface area (Å²) in [5, 5.41) is 50.2. The zero-order valence-electron chi connectivity index (χ0n) is 33.9. The van der Waals surface area contributed by atoms with Crippen molar-refractivity contribution in [2.75, 3.05) is 6.61 Å². The number of aliphatic hydroxyl groups is 5. The standard InChI is InChI=1S/C46H64O8/c1-29(17-13-19-31(3)21-23-36-33(5)25-35(48)26-45(36,7)8)15-11-12-16-30(2)18-14-20-32(4)22-24-37-34(6)40(49)38(27-46(37,9)10)53-44-43(52)42(51)41(50)39(28-47)54-44/h11-24,35,38-39,41-44,47-48,50-52H,25-28H2,1-10H3/b12-11+,17-13+,18-14+,23-21+,24-22+,29-15+,30-16+,31-19+,32-20+/t35?,38-,39+,41-,42+,43+,44+/m0/s1. The normalized spacial score (nSPS) is 30.8. The average molecular weight is 745 g/mol. The van der Waals surface area contributed by atoms with Crippen LogP contribution in [0.1, 0.15) is 88.5 Å². The van der Waals surface area contributed by atoms with Crippen molar-refractivity contribution in [3.8, 4) is 0 Å². The molecule has 1 heterocycles. The van der Waals surface area contributed by atoms with Gasteiger partial charge in [-0.1, -0.05) is 141 Å². The lowest BCUT2D eigenvalue weighted by molar-refractivity contribution is -0.309. The van der Waals surface area contributed by atoms with Crippen molar-refractivity contribution in [1.29, 1.82) is 0 Å². The van der Waals surface area contributed by atoms with Gasteiger partial charge in [-0.05, 0) is 88.4 Å². The molecule has 54 heavy (non-hydrogen) atoms. The molecule has 8 heteroatoms. The van der Waals surface area contributed by atoms with Crippen LogP contribution in [0.4, 0.5) is 0 Å². The Kier molecular flexibility index (Phi) is 16.6. The fourth-order valence-corrected chi connectivity index (χ4v) is 7.30. The van der Waals surface area contributed by atoms with Gasteiger partial charge >= 0.3 is 0 Å². The van der Waals surface area contributed by atoms with Crippen molar-refractivity contribution < 1.29 is 39.8 Å². The minimum atomic E-state index is -1.58. The summed E-state index contributed by atoms with van der Waals surface area (Å²) < 4.78 is 11.3. The lowest BCUT2D eigenvalue weighted by Crippen LogP contribution is -2.60. The predicted molar refractivity (Wildman–Crippen MR) is 217 cm³/mol. The number of allylic oxidation sites excluding steroid dienone is 20. The Morgan fingerprint density at radius 2 is 1.19 bits per heavy atom. The van der Waals surface area contributed by atoms with Gasteiger partial charge in [0.05, 0.1) is 12.7 Å². The summed E-state index contributed by atoms with van der Waals surface area (Å²) >= 11 is 0. The van der Waals surface area contributed by atoms with Crippen LogP contribution in [0.5, 0.6) is 0 Å². The molecule has 296 valence electrons. The molecule has 0 radical (unpaired) electrons. The van der Waals surface area contributed by atoms with Gasteiger partial charge in [0.25, 0.3) is 0 Å². The molecule has 8 nitrogen and oxygen atoms in total. The van der Waals surface area contributed by atoms with E-state index in [1.807, 2.05) is 76.3 Å². The van der Waals surface area contributed by atoms with Crippen LogP contribution >= 0.6 is 0 Å². The molecule has 2 aliphatic carbocycles. The van der Waals surface area contributed by atoms with Gasteiger partial charge in [0.1, 0.15) is 30.5 Å². The van der Waals surface area contributed by atoms with E-state index >= 15 is 0 Å². The zero-order chi connectivity index (χ0) is 40.4. The van der Waals surface area contributed by atoms with E-state index < -0.39 is 48.8 Å². The molecule has 1 unspecified atom stereocenters. The summed E-state index contributed by atoms with van der Waals surface area (Å²) in [4.78, 5) is 13.3. The molecular weight excluding hydrogens is 680 g/mol. The summed E-state index contributed by atoms with van der Waals surface area (Å²) in [6.45, 7) is 19.9. The van der Waals surface area contributed by atoms with Gasteiger partial charge in [0, 0.05) is 0 Å². The number of ether oxygens (including phenoxy) is 2. The van der Waals surface area contributed by atoms with Crippen LogP contribution in [0.15, 0.2) is 130 Å². The maximum atomic E-state index is 13.3. The highest BCUT2D eigenvalue weighted by molar-refractivity contribution is 6.00. The molecule has 1 saturated heterocycles. The van der Waals surface area contributed by atoms with Crippen LogP contribution in [0.25, 0.3) is 0 Å². The Morgan fingerprint density at radius 3 is 1.70 bits per heavy atom. The highest BCUT2D eigenvalue weighted by atomic mass is 16.7. The second-order valence-corrected chi connectivity index (χ2v) is 16.4. The van der Waals surface area contributed by atoms with Crippen LogP contribution < -0.4 is 0 Å². The number of rotatable bonds is 13. The number of aliphatic hydroxyl groups excluding tert-OH is 5. The second-order valence-electron chi connectivity index (χ2n) is 16.4. The monoisotopic (exact) mass is 744 g/mol. The Morgan fingerprint density at radius 1 is 0.704 bits per heavy atom. The highest BCUT2D eigenvalue weighted by Crippen LogP contribution is 2.42. The van der Waals surface area contributed by atoms with Gasteiger partial charge in [-0.2, -0.15) is 0 Å². The minimum absolute atomic E-state index is 0.0270. The minimum Gasteiger partial charge on any atom is -0.394 e. The van der Waals surface area contributed by atoms with E-state index in [-0.39, 0.29) is 17.3 Å². The molecule has 7 atom stereocenters. The van der Waals surface area contributed by atoms with Gasteiger partial charge in [-0.3, -0.25) is 4.79 Å². The van der Waals surface area contributed by atoms with E-state index in [0.717, 1.165) is 35.1 Å². The summed E-state index contributed by atoms with van der Waals surface area (Å²) in [6.07, 6.45) is 22.3. The molecule has 0 spiro atoms. The van der Waals surface area contributed by atoms with Crippen molar-refractivity contribution in [1.82, 2.24) is 0 Å². The van der Waals surface area contributed by atoms with Gasteiger partial charge < -0.3 is 35.0 Å². The van der Waals surface area contributed by atoms with Crippen LogP contribution in [-0.4, -0.2) is 80.8 Å². The third-order valence-electron chi connectivity index (χ3n) is 10.4. The zero-order valence-corrected chi connectivity index (χ0v) is 33.9. The molecule has 1 aliphatic heterocycles. The molecular formula is C46H64O8. The van der Waals surface area contributed by atoms with E-state index in [1.54, 1.807) is 6.92 Å². The average Bonchev–Trinajstić information content (AvgIpc) is 3.08. The van der Waals surface area contributed by atoms with Crippen LogP contribution in [0, 0.1) is 10.8 Å². The summed E-state index contributed by atoms with van der Waals surface area (Å²) in [5.74, 6) is -0.243. The third-order valence-corrected chi connectivity index (χ3v) is 10.4. The Bertz CT molecular complexity index is 1680. The van der Waals surface area contributed by atoms with Gasteiger partial charge in [0.2, 0.25) is 0 Å². The Hall–Kier alpha value is -3.47. The van der Waals surface area contributed by atoms with Crippen LogP contribution in [0.3, 0.4) is 0 Å². The lowest BCUT2D eigenvalue weighted by Gasteiger charge is -2.43. The fraction of sp³-hybridized carbons (Fsp3) is 0.500. The maximum Gasteiger partial charge on any atom is 0.187 e. The van der Waals surface area contributed by atoms with Crippen LogP contribution in [0.2, 0.25) is 0 Å². The van der Waals surface area contributed by atoms with E-state index in [4.69, 9.17) is 9.47 Å². The van der Waals surface area contributed by atoms with E-state index in [1.165, 1.54) is 16.7 Å². The molecule has 0 amide bonds. The molecule has 5 N–H and O–H groups in total. The van der Waals surface area contributed by atoms with Crippen molar-refractivity contribution in [2.45, 2.75) is 131 Å². The molecule has 0 bridgehead atoms. The number of Topliss-reactive ketones (excluding diaryl/α,β-unsaturated/α-hetero) is 1. The van der Waals surface area contributed by atoms with Gasteiger partial charge in [0.15, 0.2) is 12.1 Å². The first-order chi connectivity index (χ1) is 25.3. The number of hydrogen-bond acceptors (Lipinski definition) is 8. The van der Waals surface area contributed by atoms with Gasteiger partial charge in [-0.25, -0.2) is 0 Å². The molecule has 0 aromatic carbocycles. The van der Waals surface area contributed by atoms with E-state index in [2.05, 4.69) is 71.1 Å². The molecule has 0 aromatic heterocycles. The largest absolute Gasteiger partial charge is 0.394 e. The first-order valence-corrected chi connectivity index (χ1v) is 18.9. The van der Waals surface area contributed by atoms with E-state index in [9.17, 15) is 30.3 Å². The molecule has 1 fully saturated rings. The number of hydrogen-bond donors (Lipinski definition) is 5. The van der Waals surface area contributed by atoms with Crippen molar-refractivity contribution in [3.63, 3.8) is 0 Å². The first-order valence-electron chi connectivity index (χ1n) is 18.9. The van der Waals surface area contributed by atoms with Gasteiger partial charge in [-0.15, -0.1) is 0 Å².